The number of thiazole rings is 1. The Bertz CT molecular complexity index is 889. The van der Waals surface area contributed by atoms with Crippen LogP contribution >= 0.6 is 11.3 Å². The largest absolute Gasteiger partial charge is 0.257 e. The van der Waals surface area contributed by atoms with Gasteiger partial charge < -0.3 is 0 Å². The molecule has 0 aliphatic heterocycles. The van der Waals surface area contributed by atoms with Gasteiger partial charge in [-0.15, -0.1) is 11.3 Å². The highest BCUT2D eigenvalue weighted by atomic mass is 32.1. The predicted octanol–water partition coefficient (Wildman–Crippen LogP) is 4.50. The number of unbranched alkanes of at least 4 members (excludes halogenated alkanes) is 1. The van der Waals surface area contributed by atoms with E-state index < -0.39 is 0 Å². The first-order chi connectivity index (χ1) is 12.3. The number of hydrogen-bond donors (Lipinski definition) is 0. The molecule has 25 heavy (non-hydrogen) atoms. The summed E-state index contributed by atoms with van der Waals surface area (Å²) in [4.78, 5) is 9.94. The molecule has 0 saturated heterocycles. The van der Waals surface area contributed by atoms with Gasteiger partial charge in [-0.1, -0.05) is 49.2 Å². The molecule has 0 spiro atoms. The molecular formula is C20H22N4S. The fraction of sp³-hybridized carbons (Fsp3) is 0.250. The third-order valence-corrected chi connectivity index (χ3v) is 4.64. The van der Waals surface area contributed by atoms with E-state index in [-0.39, 0.29) is 0 Å². The summed E-state index contributed by atoms with van der Waals surface area (Å²) in [5.74, 6) is 0. The second kappa shape index (κ2) is 8.53. The molecule has 2 aromatic heterocycles. The quantitative estimate of drug-likeness (QED) is 0.477. The second-order valence-electron chi connectivity index (χ2n) is 5.82. The number of aromatic nitrogens is 2. The third-order valence-electron chi connectivity index (χ3n) is 3.78. The van der Waals surface area contributed by atoms with Gasteiger partial charge in [0.25, 0.3) is 0 Å². The second-order valence-corrected chi connectivity index (χ2v) is 6.65. The maximum absolute atomic E-state index is 4.72. The van der Waals surface area contributed by atoms with E-state index in [9.17, 15) is 0 Å². The fourth-order valence-corrected chi connectivity index (χ4v) is 3.21. The van der Waals surface area contributed by atoms with Crippen molar-refractivity contribution in [3.05, 3.63) is 70.1 Å². The summed E-state index contributed by atoms with van der Waals surface area (Å²) in [5.41, 5.74) is 4.26. The van der Waals surface area contributed by atoms with Gasteiger partial charge in [0.2, 0.25) is 4.80 Å². The number of benzene rings is 1. The van der Waals surface area contributed by atoms with Crippen LogP contribution in [0.2, 0.25) is 0 Å². The van der Waals surface area contributed by atoms with Crippen molar-refractivity contribution in [3.63, 3.8) is 0 Å². The molecule has 0 saturated carbocycles. The van der Waals surface area contributed by atoms with Crippen molar-refractivity contribution in [1.29, 1.82) is 0 Å². The number of hydrogen-bond acceptors (Lipinski definition) is 4. The Morgan fingerprint density at radius 1 is 1.16 bits per heavy atom. The maximum Gasteiger partial charge on any atom is 0.206 e. The molecule has 0 unspecified atom stereocenters. The molecule has 0 atom stereocenters. The topological polar surface area (TPSA) is 42.5 Å². The number of rotatable bonds is 6. The van der Waals surface area contributed by atoms with Gasteiger partial charge in [0, 0.05) is 23.7 Å². The van der Waals surface area contributed by atoms with E-state index in [0.717, 1.165) is 41.1 Å². The lowest BCUT2D eigenvalue weighted by Crippen LogP contribution is -2.13. The lowest BCUT2D eigenvalue weighted by molar-refractivity contribution is 0.764. The van der Waals surface area contributed by atoms with Crippen molar-refractivity contribution in [2.45, 2.75) is 26.7 Å². The Hall–Kier alpha value is -2.53. The zero-order valence-electron chi connectivity index (χ0n) is 14.6. The predicted molar refractivity (Wildman–Crippen MR) is 105 cm³/mol. The molecule has 0 fully saturated rings. The highest BCUT2D eigenvalue weighted by Gasteiger charge is 2.07. The van der Waals surface area contributed by atoms with Crippen LogP contribution in [0.3, 0.4) is 0 Å². The van der Waals surface area contributed by atoms with Crippen molar-refractivity contribution >= 4 is 17.6 Å². The Labute approximate surface area is 152 Å². The zero-order chi connectivity index (χ0) is 17.5. The maximum atomic E-state index is 4.72. The van der Waals surface area contributed by atoms with E-state index in [1.54, 1.807) is 23.7 Å². The molecule has 0 aliphatic rings. The van der Waals surface area contributed by atoms with Crippen LogP contribution in [0.15, 0.2) is 64.1 Å². The molecule has 4 nitrogen and oxygen atoms in total. The molecule has 0 N–H and O–H groups in total. The van der Waals surface area contributed by atoms with Crippen LogP contribution in [-0.2, 0) is 0 Å². The molecule has 0 bridgehead atoms. The lowest BCUT2D eigenvalue weighted by Gasteiger charge is -2.04. The highest BCUT2D eigenvalue weighted by Crippen LogP contribution is 2.20. The number of aryl methyl sites for hydroxylation is 1. The summed E-state index contributed by atoms with van der Waals surface area (Å²) in [6.07, 6.45) is 5.77. The molecule has 0 radical (unpaired) electrons. The van der Waals surface area contributed by atoms with E-state index in [1.807, 2.05) is 22.9 Å². The van der Waals surface area contributed by atoms with Gasteiger partial charge in [0.05, 0.1) is 17.6 Å². The Morgan fingerprint density at radius 3 is 2.72 bits per heavy atom. The molecular weight excluding hydrogens is 328 g/mol. The fourth-order valence-electron chi connectivity index (χ4n) is 2.34. The van der Waals surface area contributed by atoms with Crippen LogP contribution in [0.25, 0.3) is 11.3 Å². The number of pyridine rings is 1. The van der Waals surface area contributed by atoms with Crippen molar-refractivity contribution in [3.8, 4) is 11.3 Å². The van der Waals surface area contributed by atoms with Crippen LogP contribution in [0, 0.1) is 6.92 Å². The van der Waals surface area contributed by atoms with Crippen LogP contribution < -0.4 is 4.80 Å². The summed E-state index contributed by atoms with van der Waals surface area (Å²) in [6, 6.07) is 14.3. The van der Waals surface area contributed by atoms with Gasteiger partial charge in [-0.25, -0.2) is 4.68 Å². The van der Waals surface area contributed by atoms with Crippen LogP contribution in [0.1, 0.15) is 31.0 Å². The van der Waals surface area contributed by atoms with E-state index in [0.29, 0.717) is 0 Å². The molecule has 3 rings (SSSR count). The third kappa shape index (κ3) is 4.51. The van der Waals surface area contributed by atoms with Crippen LogP contribution in [-0.4, -0.2) is 22.4 Å². The summed E-state index contributed by atoms with van der Waals surface area (Å²) < 4.78 is 1.92. The summed E-state index contributed by atoms with van der Waals surface area (Å²) in [6.45, 7) is 5.09. The van der Waals surface area contributed by atoms with Gasteiger partial charge in [-0.3, -0.25) is 9.98 Å². The molecule has 5 heteroatoms. The standard InChI is InChI=1S/C20H22N4S/c1-3-4-12-22-20-24(23-14-18-7-5-6-13-21-18)19(15-25-20)17-10-8-16(2)9-11-17/h5-11,13-15H,3-4,12H2,1-2H3/b22-20?,23-14+. The van der Waals surface area contributed by atoms with Gasteiger partial charge >= 0.3 is 0 Å². The molecule has 1 aromatic carbocycles. The SMILES string of the molecule is CCCCN=c1scc(-c2ccc(C)cc2)n1/N=C/c1ccccn1. The average molecular weight is 350 g/mol. The van der Waals surface area contributed by atoms with E-state index in [1.165, 1.54) is 5.56 Å². The zero-order valence-corrected chi connectivity index (χ0v) is 15.4. The minimum absolute atomic E-state index is 0.823. The summed E-state index contributed by atoms with van der Waals surface area (Å²) >= 11 is 1.62. The average Bonchev–Trinajstić information content (AvgIpc) is 3.04. The number of nitrogens with zero attached hydrogens (tertiary/aromatic N) is 4. The van der Waals surface area contributed by atoms with Crippen molar-refractivity contribution in [1.82, 2.24) is 9.66 Å². The molecule has 0 amide bonds. The van der Waals surface area contributed by atoms with Crippen molar-refractivity contribution in [2.75, 3.05) is 6.54 Å². The Kier molecular flexibility index (Phi) is 5.90. The molecule has 3 aromatic rings. The van der Waals surface area contributed by atoms with E-state index >= 15 is 0 Å². The first-order valence-corrected chi connectivity index (χ1v) is 9.39. The normalized spacial score (nSPS) is 12.2. The lowest BCUT2D eigenvalue weighted by atomic mass is 10.1. The highest BCUT2D eigenvalue weighted by molar-refractivity contribution is 7.07. The van der Waals surface area contributed by atoms with Gasteiger partial charge in [-0.05, 0) is 25.5 Å². The van der Waals surface area contributed by atoms with E-state index in [2.05, 4.69) is 53.6 Å². The minimum atomic E-state index is 0.823. The van der Waals surface area contributed by atoms with Crippen LogP contribution in [0.5, 0.6) is 0 Å². The first kappa shape index (κ1) is 17.3. The monoisotopic (exact) mass is 350 g/mol. The molecule has 0 aliphatic carbocycles. The summed E-state index contributed by atoms with van der Waals surface area (Å²) in [5, 5.41) is 6.78. The van der Waals surface area contributed by atoms with Gasteiger partial charge in [0.15, 0.2) is 0 Å². The van der Waals surface area contributed by atoms with Gasteiger partial charge in [0.1, 0.15) is 0 Å². The first-order valence-electron chi connectivity index (χ1n) is 8.51. The Morgan fingerprint density at radius 2 is 2.00 bits per heavy atom. The van der Waals surface area contributed by atoms with Crippen molar-refractivity contribution < 1.29 is 0 Å². The van der Waals surface area contributed by atoms with Crippen LogP contribution in [0.4, 0.5) is 0 Å². The smallest absolute Gasteiger partial charge is 0.206 e. The minimum Gasteiger partial charge on any atom is -0.257 e. The Balaban J connectivity index is 2.02. The van der Waals surface area contributed by atoms with Crippen molar-refractivity contribution in [2.24, 2.45) is 10.1 Å². The van der Waals surface area contributed by atoms with Gasteiger partial charge in [-0.2, -0.15) is 5.10 Å². The molecule has 128 valence electrons. The summed E-state index contributed by atoms with van der Waals surface area (Å²) in [7, 11) is 0. The van der Waals surface area contributed by atoms with E-state index in [4.69, 9.17) is 4.99 Å². The molecule has 2 heterocycles.